The second kappa shape index (κ2) is 10.6. The lowest BCUT2D eigenvalue weighted by Gasteiger charge is -2.31. The number of nitrogens with one attached hydrogen (secondary N) is 1. The molecule has 0 spiro atoms. The van der Waals surface area contributed by atoms with Gasteiger partial charge in [0, 0.05) is 18.8 Å². The number of hydrogen-bond donors (Lipinski definition) is 1. The van der Waals surface area contributed by atoms with Crippen LogP contribution in [-0.2, 0) is 14.8 Å². The summed E-state index contributed by atoms with van der Waals surface area (Å²) in [6, 6.07) is 8.62. The van der Waals surface area contributed by atoms with E-state index < -0.39 is 21.8 Å². The van der Waals surface area contributed by atoms with Gasteiger partial charge >= 0.3 is 0 Å². The Bertz CT molecular complexity index is 1450. The summed E-state index contributed by atoms with van der Waals surface area (Å²) in [6.45, 7) is 9.59. The standard InChI is InChI=1S/C28H32FN3O4S/c1-17-13-19(3)24(20(4)14-17)10-11-26-27(21(5)31-36-26)37(34,35)32-12-6-7-22(16-32)28(33)30-23-9-8-18(2)25(29)15-23/h8-11,13-15,22H,6-7,12,16H2,1-5H3,(H,30,33). The van der Waals surface area contributed by atoms with Crippen LogP contribution in [0.15, 0.2) is 39.8 Å². The fraction of sp³-hybridized carbons (Fsp3) is 0.357. The number of hydrogen-bond acceptors (Lipinski definition) is 5. The molecule has 0 saturated carbocycles. The molecule has 1 fully saturated rings. The normalized spacial score (nSPS) is 16.9. The van der Waals surface area contributed by atoms with Gasteiger partial charge in [-0.3, -0.25) is 4.79 Å². The van der Waals surface area contributed by atoms with Gasteiger partial charge in [0.1, 0.15) is 11.5 Å². The van der Waals surface area contributed by atoms with Crippen molar-refractivity contribution >= 4 is 33.8 Å². The number of piperidine rings is 1. The summed E-state index contributed by atoms with van der Waals surface area (Å²) in [4.78, 5) is 12.9. The largest absolute Gasteiger partial charge is 0.355 e. The first-order chi connectivity index (χ1) is 17.5. The molecule has 3 aromatic rings. The third-order valence-electron chi connectivity index (χ3n) is 6.76. The molecular formula is C28H32FN3O4S. The highest BCUT2D eigenvalue weighted by atomic mass is 32.2. The van der Waals surface area contributed by atoms with Crippen molar-refractivity contribution in [3.8, 4) is 0 Å². The first-order valence-electron chi connectivity index (χ1n) is 12.3. The number of amides is 1. The van der Waals surface area contributed by atoms with E-state index in [1.165, 1.54) is 10.4 Å². The minimum atomic E-state index is -3.98. The molecule has 0 bridgehead atoms. The maximum atomic E-state index is 13.9. The predicted octanol–water partition coefficient (Wildman–Crippen LogP) is 5.57. The molecule has 1 aliphatic heterocycles. The molecular weight excluding hydrogens is 493 g/mol. The van der Waals surface area contributed by atoms with Gasteiger partial charge in [-0.05, 0) is 87.9 Å². The number of sulfonamides is 1. The number of rotatable bonds is 6. The Hall–Kier alpha value is -3.30. The van der Waals surface area contributed by atoms with Gasteiger partial charge in [-0.15, -0.1) is 0 Å². The lowest BCUT2D eigenvalue weighted by molar-refractivity contribution is -0.120. The summed E-state index contributed by atoms with van der Waals surface area (Å²) < 4.78 is 48.0. The molecule has 1 amide bonds. The number of aromatic nitrogens is 1. The van der Waals surface area contributed by atoms with E-state index in [2.05, 4.69) is 22.6 Å². The molecule has 9 heteroatoms. The van der Waals surface area contributed by atoms with Crippen LogP contribution in [0, 0.1) is 46.4 Å². The second-order valence-corrected chi connectivity index (χ2v) is 11.6. The molecule has 1 saturated heterocycles. The fourth-order valence-electron chi connectivity index (χ4n) is 4.83. The molecule has 7 nitrogen and oxygen atoms in total. The lowest BCUT2D eigenvalue weighted by atomic mass is 9.98. The first-order valence-corrected chi connectivity index (χ1v) is 13.7. The zero-order valence-electron chi connectivity index (χ0n) is 21.8. The van der Waals surface area contributed by atoms with E-state index in [0.29, 0.717) is 24.1 Å². The average Bonchev–Trinajstić information content (AvgIpc) is 3.22. The van der Waals surface area contributed by atoms with Gasteiger partial charge in [-0.25, -0.2) is 12.8 Å². The Morgan fingerprint density at radius 1 is 1.08 bits per heavy atom. The van der Waals surface area contributed by atoms with Gasteiger partial charge in [-0.1, -0.05) is 35.0 Å². The minimum Gasteiger partial charge on any atom is -0.355 e. The van der Waals surface area contributed by atoms with Crippen molar-refractivity contribution in [1.82, 2.24) is 9.46 Å². The maximum absolute atomic E-state index is 13.9. The summed E-state index contributed by atoms with van der Waals surface area (Å²) in [6.07, 6.45) is 4.54. The van der Waals surface area contributed by atoms with E-state index in [1.54, 1.807) is 32.1 Å². The van der Waals surface area contributed by atoms with E-state index in [9.17, 15) is 17.6 Å². The zero-order chi connectivity index (χ0) is 26.9. The van der Waals surface area contributed by atoms with E-state index in [-0.39, 0.29) is 35.3 Å². The molecule has 1 aromatic heterocycles. The third-order valence-corrected chi connectivity index (χ3v) is 8.79. The predicted molar refractivity (Wildman–Crippen MR) is 142 cm³/mol. The second-order valence-electron chi connectivity index (χ2n) is 9.76. The van der Waals surface area contributed by atoms with Gasteiger partial charge in [-0.2, -0.15) is 4.31 Å². The molecule has 2 aromatic carbocycles. The van der Waals surface area contributed by atoms with Crippen LogP contribution in [0.4, 0.5) is 10.1 Å². The average molecular weight is 526 g/mol. The van der Waals surface area contributed by atoms with Crippen LogP contribution in [0.3, 0.4) is 0 Å². The SMILES string of the molecule is Cc1cc(C)c(C=Cc2onc(C)c2S(=O)(=O)N2CCCC(C(=O)Nc3ccc(C)c(F)c3)C2)c(C)c1. The maximum Gasteiger partial charge on any atom is 0.248 e. The van der Waals surface area contributed by atoms with Gasteiger partial charge in [0.05, 0.1) is 5.92 Å². The lowest BCUT2D eigenvalue weighted by Crippen LogP contribution is -2.43. The van der Waals surface area contributed by atoms with E-state index in [4.69, 9.17) is 4.52 Å². The highest BCUT2D eigenvalue weighted by Crippen LogP contribution is 2.30. The molecule has 0 aliphatic carbocycles. The van der Waals surface area contributed by atoms with Gasteiger partial charge in [0.2, 0.25) is 15.9 Å². The van der Waals surface area contributed by atoms with E-state index in [1.807, 2.05) is 26.8 Å². The molecule has 4 rings (SSSR count). The number of anilines is 1. The van der Waals surface area contributed by atoms with E-state index in [0.717, 1.165) is 22.3 Å². The number of nitrogens with zero attached hydrogens (tertiary/aromatic N) is 2. The van der Waals surface area contributed by atoms with Crippen molar-refractivity contribution in [2.75, 3.05) is 18.4 Å². The monoisotopic (exact) mass is 525 g/mol. The van der Waals surface area contributed by atoms with Crippen LogP contribution in [0.25, 0.3) is 12.2 Å². The van der Waals surface area contributed by atoms with Crippen LogP contribution in [-0.4, -0.2) is 36.9 Å². The minimum absolute atomic E-state index is 0.00725. The molecule has 1 unspecified atom stereocenters. The Labute approximate surface area is 217 Å². The van der Waals surface area contributed by atoms with Crippen LogP contribution in [0.5, 0.6) is 0 Å². The Kier molecular flexibility index (Phi) is 7.66. The van der Waals surface area contributed by atoms with Crippen molar-refractivity contribution in [2.45, 2.75) is 52.4 Å². The van der Waals surface area contributed by atoms with E-state index >= 15 is 0 Å². The number of carbonyl (C=O) groups is 1. The van der Waals surface area contributed by atoms with Crippen molar-refractivity contribution in [1.29, 1.82) is 0 Å². The molecule has 0 radical (unpaired) electrons. The molecule has 1 N–H and O–H groups in total. The molecule has 2 heterocycles. The van der Waals surface area contributed by atoms with Crippen LogP contribution in [0.2, 0.25) is 0 Å². The van der Waals surface area contributed by atoms with Crippen molar-refractivity contribution in [3.63, 3.8) is 0 Å². The highest BCUT2D eigenvalue weighted by Gasteiger charge is 2.37. The molecule has 1 aliphatic rings. The number of carbonyl (C=O) groups excluding carboxylic acids is 1. The topological polar surface area (TPSA) is 92.5 Å². The summed E-state index contributed by atoms with van der Waals surface area (Å²) in [5.74, 6) is -1.16. The summed E-state index contributed by atoms with van der Waals surface area (Å²) in [5, 5.41) is 6.65. The Balaban J connectivity index is 1.56. The number of halogens is 1. The van der Waals surface area contributed by atoms with Crippen molar-refractivity contribution in [3.05, 3.63) is 75.4 Å². The van der Waals surface area contributed by atoms with Gasteiger partial charge in [0.15, 0.2) is 10.7 Å². The Morgan fingerprint density at radius 2 is 1.78 bits per heavy atom. The van der Waals surface area contributed by atoms with Gasteiger partial charge in [0.25, 0.3) is 0 Å². The number of benzene rings is 2. The summed E-state index contributed by atoms with van der Waals surface area (Å²) >= 11 is 0. The summed E-state index contributed by atoms with van der Waals surface area (Å²) in [7, 11) is -3.98. The van der Waals surface area contributed by atoms with Crippen molar-refractivity contribution in [2.24, 2.45) is 5.92 Å². The summed E-state index contributed by atoms with van der Waals surface area (Å²) in [5.41, 5.74) is 5.39. The zero-order valence-corrected chi connectivity index (χ0v) is 22.6. The third kappa shape index (κ3) is 5.67. The smallest absolute Gasteiger partial charge is 0.248 e. The first kappa shape index (κ1) is 26.8. The molecule has 1 atom stereocenters. The van der Waals surface area contributed by atoms with Crippen molar-refractivity contribution < 1.29 is 22.1 Å². The van der Waals surface area contributed by atoms with Crippen LogP contribution >= 0.6 is 0 Å². The quantitative estimate of drug-likeness (QED) is 0.455. The fourth-order valence-corrected chi connectivity index (χ4v) is 6.60. The van der Waals surface area contributed by atoms with Crippen LogP contribution < -0.4 is 5.32 Å². The molecule has 196 valence electrons. The number of aryl methyl sites for hydroxylation is 5. The molecule has 37 heavy (non-hydrogen) atoms. The Morgan fingerprint density at radius 3 is 2.46 bits per heavy atom. The van der Waals surface area contributed by atoms with Gasteiger partial charge < -0.3 is 9.84 Å². The highest BCUT2D eigenvalue weighted by molar-refractivity contribution is 7.89. The van der Waals surface area contributed by atoms with Crippen LogP contribution in [0.1, 0.15) is 52.1 Å².